The zero-order valence-corrected chi connectivity index (χ0v) is 12.3. The molecular weight excluding hydrogens is 310 g/mol. The zero-order chi connectivity index (χ0) is 14.8. The molecule has 0 unspecified atom stereocenters. The van der Waals surface area contributed by atoms with Crippen LogP contribution < -0.4 is 5.32 Å². The van der Waals surface area contributed by atoms with Gasteiger partial charge < -0.3 is 10.4 Å². The van der Waals surface area contributed by atoms with Gasteiger partial charge in [-0.2, -0.15) is 0 Å². The van der Waals surface area contributed by atoms with Gasteiger partial charge in [-0.25, -0.2) is 9.97 Å². The number of rotatable bonds is 4. The zero-order valence-electron chi connectivity index (χ0n) is 10.7. The fourth-order valence-electron chi connectivity index (χ4n) is 1.91. The number of hydrogen-bond donors (Lipinski definition) is 2. The van der Waals surface area contributed by atoms with Crippen LogP contribution in [0.1, 0.15) is 0 Å². The van der Waals surface area contributed by atoms with Gasteiger partial charge in [0.2, 0.25) is 0 Å². The Morgan fingerprint density at radius 2 is 2.19 bits per heavy atom. The molecule has 0 aliphatic heterocycles. The highest BCUT2D eigenvalue weighted by molar-refractivity contribution is 7.13. The molecule has 3 aromatic rings. The van der Waals surface area contributed by atoms with E-state index < -0.39 is 5.97 Å². The molecule has 106 valence electrons. The second-order valence-electron chi connectivity index (χ2n) is 4.28. The summed E-state index contributed by atoms with van der Waals surface area (Å²) in [5.41, 5.74) is 0.714. The van der Waals surface area contributed by atoms with Gasteiger partial charge in [-0.05, 0) is 29.6 Å². The van der Waals surface area contributed by atoms with Crippen LogP contribution in [0.4, 0.5) is 5.82 Å². The van der Waals surface area contributed by atoms with E-state index in [1.54, 1.807) is 18.2 Å². The Morgan fingerprint density at radius 1 is 1.33 bits per heavy atom. The van der Waals surface area contributed by atoms with Gasteiger partial charge in [0.05, 0.1) is 10.4 Å². The molecule has 0 aliphatic rings. The van der Waals surface area contributed by atoms with E-state index in [0.717, 1.165) is 4.88 Å². The summed E-state index contributed by atoms with van der Waals surface area (Å²) in [5.74, 6) is 0.0717. The van der Waals surface area contributed by atoms with E-state index in [0.29, 0.717) is 27.6 Å². The number of aromatic nitrogens is 2. The minimum absolute atomic E-state index is 0.220. The van der Waals surface area contributed by atoms with Crippen molar-refractivity contribution in [3.05, 3.63) is 40.7 Å². The van der Waals surface area contributed by atoms with Crippen molar-refractivity contribution < 1.29 is 9.90 Å². The lowest BCUT2D eigenvalue weighted by molar-refractivity contribution is -0.134. The van der Waals surface area contributed by atoms with Crippen molar-refractivity contribution in [1.29, 1.82) is 0 Å². The third-order valence-corrected chi connectivity index (χ3v) is 3.91. The van der Waals surface area contributed by atoms with E-state index in [1.165, 1.54) is 11.3 Å². The first-order valence-corrected chi connectivity index (χ1v) is 7.36. The lowest BCUT2D eigenvalue weighted by Gasteiger charge is -2.09. The number of carbonyl (C=O) groups is 1. The maximum atomic E-state index is 10.8. The minimum atomic E-state index is -0.957. The molecule has 0 aliphatic carbocycles. The summed E-state index contributed by atoms with van der Waals surface area (Å²) in [6, 6.07) is 9.10. The second-order valence-corrected chi connectivity index (χ2v) is 5.67. The number of benzene rings is 1. The van der Waals surface area contributed by atoms with E-state index in [-0.39, 0.29) is 6.54 Å². The van der Waals surface area contributed by atoms with Crippen LogP contribution in [0.2, 0.25) is 5.02 Å². The molecule has 3 rings (SSSR count). The van der Waals surface area contributed by atoms with Gasteiger partial charge in [-0.3, -0.25) is 4.79 Å². The molecule has 2 heterocycles. The molecular formula is C14H10ClN3O2S. The van der Waals surface area contributed by atoms with Crippen LogP contribution in [-0.4, -0.2) is 27.6 Å². The van der Waals surface area contributed by atoms with E-state index in [1.807, 2.05) is 17.5 Å². The predicted octanol–water partition coefficient (Wildman–Crippen LogP) is 3.51. The smallest absolute Gasteiger partial charge is 0.322 e. The Morgan fingerprint density at radius 3 is 2.90 bits per heavy atom. The van der Waals surface area contributed by atoms with Crippen LogP contribution in [0.25, 0.3) is 21.6 Å². The molecule has 0 fully saturated rings. The number of fused-ring (bicyclic) bond motifs is 1. The van der Waals surface area contributed by atoms with Gasteiger partial charge in [-0.1, -0.05) is 17.7 Å². The fraction of sp³-hybridized carbons (Fsp3) is 0.0714. The van der Waals surface area contributed by atoms with E-state index in [4.69, 9.17) is 16.7 Å². The molecule has 0 spiro atoms. The fourth-order valence-corrected chi connectivity index (χ4v) is 2.74. The minimum Gasteiger partial charge on any atom is -0.480 e. The van der Waals surface area contributed by atoms with Crippen LogP contribution >= 0.6 is 22.9 Å². The number of carboxylic acids is 1. The highest BCUT2D eigenvalue weighted by atomic mass is 35.5. The Balaban J connectivity index is 2.15. The summed E-state index contributed by atoms with van der Waals surface area (Å²) in [4.78, 5) is 20.6. The van der Waals surface area contributed by atoms with Gasteiger partial charge >= 0.3 is 5.97 Å². The number of nitrogens with one attached hydrogen (secondary N) is 1. The molecule has 2 N–H and O–H groups in total. The molecule has 0 saturated heterocycles. The monoisotopic (exact) mass is 319 g/mol. The van der Waals surface area contributed by atoms with Crippen molar-refractivity contribution in [2.24, 2.45) is 0 Å². The second kappa shape index (κ2) is 5.67. The van der Waals surface area contributed by atoms with Gasteiger partial charge in [0.1, 0.15) is 12.4 Å². The highest BCUT2D eigenvalue weighted by Crippen LogP contribution is 2.29. The first-order valence-electron chi connectivity index (χ1n) is 6.10. The lowest BCUT2D eigenvalue weighted by Crippen LogP contribution is -2.14. The molecule has 5 nitrogen and oxygen atoms in total. The van der Waals surface area contributed by atoms with E-state index in [2.05, 4.69) is 15.3 Å². The number of halogens is 1. The average molecular weight is 320 g/mol. The molecule has 0 amide bonds. The quantitative estimate of drug-likeness (QED) is 0.769. The van der Waals surface area contributed by atoms with Gasteiger partial charge in [0.25, 0.3) is 0 Å². The summed E-state index contributed by atoms with van der Waals surface area (Å²) in [6.07, 6.45) is 0. The molecule has 21 heavy (non-hydrogen) atoms. The Bertz CT molecular complexity index is 805. The summed E-state index contributed by atoms with van der Waals surface area (Å²) < 4.78 is 0. The van der Waals surface area contributed by atoms with Crippen molar-refractivity contribution in [1.82, 2.24) is 9.97 Å². The van der Waals surface area contributed by atoms with Gasteiger partial charge in [0.15, 0.2) is 5.82 Å². The number of carboxylic acid groups (broad SMARTS) is 1. The van der Waals surface area contributed by atoms with E-state index >= 15 is 0 Å². The number of anilines is 1. The molecule has 0 saturated carbocycles. The highest BCUT2D eigenvalue weighted by Gasteiger charge is 2.11. The van der Waals surface area contributed by atoms with Gasteiger partial charge in [0, 0.05) is 10.4 Å². The normalized spacial score (nSPS) is 10.7. The molecule has 7 heteroatoms. The number of thiophene rings is 1. The predicted molar refractivity (Wildman–Crippen MR) is 84.0 cm³/mol. The maximum absolute atomic E-state index is 10.8. The number of hydrogen-bond acceptors (Lipinski definition) is 5. The van der Waals surface area contributed by atoms with Crippen molar-refractivity contribution >= 4 is 45.6 Å². The summed E-state index contributed by atoms with van der Waals surface area (Å²) in [5, 5.41) is 14.8. The lowest BCUT2D eigenvalue weighted by atomic mass is 10.2. The van der Waals surface area contributed by atoms with Crippen molar-refractivity contribution in [2.75, 3.05) is 11.9 Å². The summed E-state index contributed by atoms with van der Waals surface area (Å²) in [7, 11) is 0. The summed E-state index contributed by atoms with van der Waals surface area (Å²) in [6.45, 7) is -0.220. The standard InChI is InChI=1S/C14H10ClN3O2S/c15-8-3-4-10-9(6-8)13(16-7-12(19)20)18-14(17-10)11-2-1-5-21-11/h1-6H,7H2,(H,19,20)(H,16,17,18). The average Bonchev–Trinajstić information content (AvgIpc) is 2.98. The Hall–Kier alpha value is -2.18. The molecule has 1 aromatic carbocycles. The van der Waals surface area contributed by atoms with Crippen LogP contribution in [0, 0.1) is 0 Å². The molecule has 0 radical (unpaired) electrons. The maximum Gasteiger partial charge on any atom is 0.322 e. The number of nitrogens with zero attached hydrogens (tertiary/aromatic N) is 2. The van der Waals surface area contributed by atoms with Crippen molar-refractivity contribution in [2.45, 2.75) is 0 Å². The molecule has 0 bridgehead atoms. The third kappa shape index (κ3) is 2.96. The molecule has 0 atom stereocenters. The Kier molecular flexibility index (Phi) is 3.72. The first-order chi connectivity index (χ1) is 10.1. The van der Waals surface area contributed by atoms with Crippen molar-refractivity contribution in [3.8, 4) is 10.7 Å². The van der Waals surface area contributed by atoms with Crippen LogP contribution in [0.15, 0.2) is 35.7 Å². The molecule has 2 aromatic heterocycles. The SMILES string of the molecule is O=C(O)CNc1nc(-c2cccs2)nc2ccc(Cl)cc12. The van der Waals surface area contributed by atoms with E-state index in [9.17, 15) is 4.79 Å². The first kappa shape index (κ1) is 13.8. The topological polar surface area (TPSA) is 75.1 Å². The third-order valence-electron chi connectivity index (χ3n) is 2.81. The van der Waals surface area contributed by atoms with Crippen molar-refractivity contribution in [3.63, 3.8) is 0 Å². The largest absolute Gasteiger partial charge is 0.480 e. The van der Waals surface area contributed by atoms with Crippen LogP contribution in [-0.2, 0) is 4.79 Å². The van der Waals surface area contributed by atoms with Crippen LogP contribution in [0.5, 0.6) is 0 Å². The summed E-state index contributed by atoms with van der Waals surface area (Å²) >= 11 is 7.52. The van der Waals surface area contributed by atoms with Gasteiger partial charge in [-0.15, -0.1) is 11.3 Å². The van der Waals surface area contributed by atoms with Crippen LogP contribution in [0.3, 0.4) is 0 Å². The number of aliphatic carboxylic acids is 1. The Labute approximate surface area is 129 Å².